The van der Waals surface area contributed by atoms with Crippen molar-refractivity contribution in [3.05, 3.63) is 44.9 Å². The molecule has 0 aliphatic carbocycles. The standard InChI is InChI=1S/C10H8FN3O3/c11-5-2-1-3-6-8(5)9(16)14(4-7(12)15)10(17)13-6/h1-3H,4H2,(H2,12,15)(H,13,17). The highest BCUT2D eigenvalue weighted by molar-refractivity contribution is 5.78. The number of carbonyl (C=O) groups excluding carboxylic acids is 1. The highest BCUT2D eigenvalue weighted by Crippen LogP contribution is 2.09. The number of nitrogens with two attached hydrogens (primary N) is 1. The molecule has 0 radical (unpaired) electrons. The quantitative estimate of drug-likeness (QED) is 0.723. The van der Waals surface area contributed by atoms with E-state index in [2.05, 4.69) is 4.98 Å². The van der Waals surface area contributed by atoms with Gasteiger partial charge in [-0.15, -0.1) is 0 Å². The number of H-pyrrole nitrogens is 1. The maximum Gasteiger partial charge on any atom is 0.329 e. The van der Waals surface area contributed by atoms with Crippen molar-refractivity contribution in [3.8, 4) is 0 Å². The van der Waals surface area contributed by atoms with Crippen LogP contribution in [0.5, 0.6) is 0 Å². The first-order valence-corrected chi connectivity index (χ1v) is 4.70. The molecule has 2 rings (SSSR count). The Labute approximate surface area is 93.5 Å². The summed E-state index contributed by atoms with van der Waals surface area (Å²) in [7, 11) is 0. The summed E-state index contributed by atoms with van der Waals surface area (Å²) in [5.41, 5.74) is 3.31. The van der Waals surface area contributed by atoms with Crippen LogP contribution < -0.4 is 17.0 Å². The van der Waals surface area contributed by atoms with E-state index in [1.54, 1.807) is 0 Å². The van der Waals surface area contributed by atoms with Crippen molar-refractivity contribution in [2.24, 2.45) is 5.73 Å². The summed E-state index contributed by atoms with van der Waals surface area (Å²) in [6.07, 6.45) is 0. The van der Waals surface area contributed by atoms with E-state index >= 15 is 0 Å². The summed E-state index contributed by atoms with van der Waals surface area (Å²) in [5, 5.41) is -0.270. The van der Waals surface area contributed by atoms with Crippen molar-refractivity contribution in [1.29, 1.82) is 0 Å². The van der Waals surface area contributed by atoms with E-state index in [-0.39, 0.29) is 10.9 Å². The number of fused-ring (bicyclic) bond motifs is 1. The maximum absolute atomic E-state index is 13.4. The van der Waals surface area contributed by atoms with E-state index in [0.29, 0.717) is 4.57 Å². The number of nitrogens with one attached hydrogen (secondary N) is 1. The summed E-state index contributed by atoms with van der Waals surface area (Å²) in [5.74, 6) is -1.62. The van der Waals surface area contributed by atoms with Gasteiger partial charge in [-0.05, 0) is 12.1 Å². The van der Waals surface area contributed by atoms with Gasteiger partial charge >= 0.3 is 5.69 Å². The van der Waals surface area contributed by atoms with Crippen LogP contribution in [0.4, 0.5) is 4.39 Å². The van der Waals surface area contributed by atoms with Crippen molar-refractivity contribution in [2.45, 2.75) is 6.54 Å². The second-order valence-corrected chi connectivity index (χ2v) is 3.45. The molecule has 1 amide bonds. The third-order valence-corrected chi connectivity index (χ3v) is 2.27. The molecule has 0 aliphatic heterocycles. The second-order valence-electron chi connectivity index (χ2n) is 3.45. The van der Waals surface area contributed by atoms with E-state index in [9.17, 15) is 18.8 Å². The van der Waals surface area contributed by atoms with Crippen LogP contribution >= 0.6 is 0 Å². The summed E-state index contributed by atoms with van der Waals surface area (Å²) in [6, 6.07) is 3.86. The Morgan fingerprint density at radius 1 is 1.41 bits per heavy atom. The van der Waals surface area contributed by atoms with Gasteiger partial charge < -0.3 is 10.7 Å². The molecule has 0 spiro atoms. The van der Waals surface area contributed by atoms with Gasteiger partial charge in [0.05, 0.1) is 10.9 Å². The van der Waals surface area contributed by atoms with Crippen molar-refractivity contribution in [3.63, 3.8) is 0 Å². The number of nitrogens with zero attached hydrogens (tertiary/aromatic N) is 1. The van der Waals surface area contributed by atoms with E-state index in [0.717, 1.165) is 6.07 Å². The Kier molecular flexibility index (Phi) is 2.51. The first-order valence-electron chi connectivity index (χ1n) is 4.70. The van der Waals surface area contributed by atoms with E-state index < -0.39 is 29.5 Å². The predicted molar refractivity (Wildman–Crippen MR) is 58.0 cm³/mol. The molecule has 1 aromatic heterocycles. The summed E-state index contributed by atoms with van der Waals surface area (Å²) < 4.78 is 14.0. The van der Waals surface area contributed by atoms with Crippen LogP contribution in [-0.2, 0) is 11.3 Å². The molecule has 0 aliphatic rings. The molecule has 0 bridgehead atoms. The third kappa shape index (κ3) is 1.82. The van der Waals surface area contributed by atoms with Gasteiger partial charge in [-0.1, -0.05) is 6.07 Å². The van der Waals surface area contributed by atoms with Gasteiger partial charge in [0, 0.05) is 0 Å². The van der Waals surface area contributed by atoms with Crippen molar-refractivity contribution < 1.29 is 9.18 Å². The minimum atomic E-state index is -0.874. The average Bonchev–Trinajstić information content (AvgIpc) is 2.23. The zero-order chi connectivity index (χ0) is 12.6. The molecule has 0 atom stereocenters. The number of amides is 1. The molecule has 3 N–H and O–H groups in total. The summed E-state index contributed by atoms with van der Waals surface area (Å²) >= 11 is 0. The van der Waals surface area contributed by atoms with Crippen LogP contribution in [0.25, 0.3) is 10.9 Å². The molecule has 0 saturated heterocycles. The lowest BCUT2D eigenvalue weighted by Crippen LogP contribution is -2.39. The van der Waals surface area contributed by atoms with Gasteiger partial charge in [0.25, 0.3) is 5.56 Å². The lowest BCUT2D eigenvalue weighted by molar-refractivity contribution is -0.118. The molecule has 6 nitrogen and oxygen atoms in total. The Balaban J connectivity index is 2.88. The Morgan fingerprint density at radius 2 is 2.12 bits per heavy atom. The first kappa shape index (κ1) is 11.1. The fourth-order valence-corrected chi connectivity index (χ4v) is 1.55. The van der Waals surface area contributed by atoms with Gasteiger partial charge in [0.1, 0.15) is 12.4 Å². The van der Waals surface area contributed by atoms with Gasteiger partial charge in [-0.25, -0.2) is 9.18 Å². The normalized spacial score (nSPS) is 10.6. The Hall–Kier alpha value is -2.44. The van der Waals surface area contributed by atoms with E-state index in [1.807, 2.05) is 0 Å². The van der Waals surface area contributed by atoms with Gasteiger partial charge in [0.2, 0.25) is 5.91 Å². The largest absolute Gasteiger partial charge is 0.368 e. The average molecular weight is 237 g/mol. The minimum absolute atomic E-state index is 0.0840. The number of carbonyl (C=O) groups is 1. The van der Waals surface area contributed by atoms with Crippen LogP contribution in [0, 0.1) is 5.82 Å². The zero-order valence-corrected chi connectivity index (χ0v) is 8.57. The van der Waals surface area contributed by atoms with Crippen LogP contribution in [0.2, 0.25) is 0 Å². The zero-order valence-electron chi connectivity index (χ0n) is 8.57. The van der Waals surface area contributed by atoms with Crippen LogP contribution in [-0.4, -0.2) is 15.5 Å². The number of hydrogen-bond donors (Lipinski definition) is 2. The smallest absolute Gasteiger partial charge is 0.329 e. The number of rotatable bonds is 2. The van der Waals surface area contributed by atoms with Gasteiger partial charge in [0.15, 0.2) is 0 Å². The second kappa shape index (κ2) is 3.85. The van der Waals surface area contributed by atoms with Gasteiger partial charge in [-0.3, -0.25) is 14.2 Å². The van der Waals surface area contributed by atoms with Gasteiger partial charge in [-0.2, -0.15) is 0 Å². The number of aromatic amines is 1. The number of halogens is 1. The fourth-order valence-electron chi connectivity index (χ4n) is 1.55. The van der Waals surface area contributed by atoms with E-state index in [1.165, 1.54) is 12.1 Å². The van der Waals surface area contributed by atoms with Crippen molar-refractivity contribution in [1.82, 2.24) is 9.55 Å². The van der Waals surface area contributed by atoms with Crippen LogP contribution in [0.15, 0.2) is 27.8 Å². The molecule has 7 heteroatoms. The lowest BCUT2D eigenvalue weighted by Gasteiger charge is -2.04. The number of benzene rings is 1. The van der Waals surface area contributed by atoms with Crippen LogP contribution in [0.3, 0.4) is 0 Å². The molecule has 1 heterocycles. The number of aromatic nitrogens is 2. The van der Waals surface area contributed by atoms with Crippen LogP contribution in [0.1, 0.15) is 0 Å². The molecule has 88 valence electrons. The SMILES string of the molecule is NC(=O)Cn1c(=O)[nH]c2cccc(F)c2c1=O. The molecule has 0 unspecified atom stereocenters. The summed E-state index contributed by atoms with van der Waals surface area (Å²) in [4.78, 5) is 36.3. The lowest BCUT2D eigenvalue weighted by atomic mass is 10.2. The highest BCUT2D eigenvalue weighted by atomic mass is 19.1. The molecule has 2 aromatic rings. The molecular weight excluding hydrogens is 229 g/mol. The predicted octanol–water partition coefficient (Wildman–Crippen LogP) is -0.686. The Bertz CT molecular complexity index is 717. The third-order valence-electron chi connectivity index (χ3n) is 2.27. The molecule has 0 fully saturated rings. The Morgan fingerprint density at radius 3 is 2.76 bits per heavy atom. The first-order chi connectivity index (χ1) is 8.00. The topological polar surface area (TPSA) is 97.9 Å². The monoisotopic (exact) mass is 237 g/mol. The van der Waals surface area contributed by atoms with Crippen molar-refractivity contribution >= 4 is 16.8 Å². The molecule has 1 aromatic carbocycles. The maximum atomic E-state index is 13.4. The minimum Gasteiger partial charge on any atom is -0.368 e. The summed E-state index contributed by atoms with van der Waals surface area (Å²) in [6.45, 7) is -0.585. The molecule has 0 saturated carbocycles. The number of primary amides is 1. The fraction of sp³-hybridized carbons (Fsp3) is 0.100. The van der Waals surface area contributed by atoms with Crippen molar-refractivity contribution in [2.75, 3.05) is 0 Å². The van der Waals surface area contributed by atoms with E-state index in [4.69, 9.17) is 5.73 Å². The highest BCUT2D eigenvalue weighted by Gasteiger charge is 2.12. The molecular formula is C10H8FN3O3. The molecule has 17 heavy (non-hydrogen) atoms. The number of hydrogen-bond acceptors (Lipinski definition) is 3.